The summed E-state index contributed by atoms with van der Waals surface area (Å²) in [6.07, 6.45) is 1.16. The zero-order chi connectivity index (χ0) is 32.4. The van der Waals surface area contributed by atoms with Crippen LogP contribution in [0.3, 0.4) is 0 Å². The van der Waals surface area contributed by atoms with Crippen LogP contribution >= 0.6 is 11.1 Å². The van der Waals surface area contributed by atoms with Crippen molar-refractivity contribution in [1.29, 1.82) is 0 Å². The molecule has 0 nitrogen and oxygen atoms in total. The summed E-state index contributed by atoms with van der Waals surface area (Å²) < 4.78 is 10.4. The van der Waals surface area contributed by atoms with Crippen LogP contribution in [0.5, 0.6) is 0 Å². The van der Waals surface area contributed by atoms with Gasteiger partial charge in [-0.05, 0) is 0 Å². The second-order valence-corrected chi connectivity index (χ2v) is 42.4. The molecule has 6 rings (SSSR count). The van der Waals surface area contributed by atoms with Gasteiger partial charge in [-0.2, -0.15) is 0 Å². The van der Waals surface area contributed by atoms with Gasteiger partial charge in [0.15, 0.2) is 0 Å². The van der Waals surface area contributed by atoms with E-state index in [1.165, 1.54) is 37.2 Å². The van der Waals surface area contributed by atoms with Gasteiger partial charge in [0.2, 0.25) is 0 Å². The van der Waals surface area contributed by atoms with Gasteiger partial charge in [-0.15, -0.1) is 0 Å². The summed E-state index contributed by atoms with van der Waals surface area (Å²) in [5, 5.41) is 5.85. The first-order valence-electron chi connectivity index (χ1n) is 15.9. The molecule has 0 spiro atoms. The van der Waals surface area contributed by atoms with Crippen LogP contribution in [0.2, 0.25) is 0 Å². The van der Waals surface area contributed by atoms with Gasteiger partial charge in [-0.1, -0.05) is 0 Å². The fraction of sp³-hybridized carbons (Fsp3) is 0.0698. The second kappa shape index (κ2) is 16.5. The molecule has 0 N–H and O–H groups in total. The maximum atomic E-state index is 4.70. The van der Waals surface area contributed by atoms with E-state index in [1.54, 1.807) is 0 Å². The van der Waals surface area contributed by atoms with Crippen LogP contribution in [0, 0.1) is 7.14 Å². The molecule has 0 bridgehead atoms. The first-order valence-corrected chi connectivity index (χ1v) is 31.8. The summed E-state index contributed by atoms with van der Waals surface area (Å²) in [4.78, 5) is 0. The number of hydrogen-bond acceptors (Lipinski definition) is 0. The zero-order valence-electron chi connectivity index (χ0n) is 26.7. The van der Waals surface area contributed by atoms with Crippen molar-refractivity contribution in [2.24, 2.45) is 0 Å². The monoisotopic (exact) mass is 874 g/mol. The maximum absolute atomic E-state index is 4.70. The average molecular weight is 875 g/mol. The molecule has 2 atom stereocenters. The summed E-state index contributed by atoms with van der Waals surface area (Å²) in [6.45, 7) is 9.40. The van der Waals surface area contributed by atoms with Gasteiger partial charge in [-0.25, -0.2) is 0 Å². The van der Waals surface area contributed by atoms with Crippen LogP contribution in [-0.2, 0) is 0 Å². The van der Waals surface area contributed by atoms with E-state index in [0.717, 1.165) is 6.42 Å². The average Bonchev–Trinajstić information content (AvgIpc) is 3.16. The van der Waals surface area contributed by atoms with Gasteiger partial charge in [0.1, 0.15) is 0 Å². The number of rotatable bonds is 14. The first kappa shape index (κ1) is 34.0. The van der Waals surface area contributed by atoms with Crippen LogP contribution in [0.15, 0.2) is 203 Å². The summed E-state index contributed by atoms with van der Waals surface area (Å²) in [5.74, 6) is 0. The third-order valence-electron chi connectivity index (χ3n) is 8.11. The SMILES string of the molecule is C=C[I-](CCC[I-](C=C)(c1ccccc1)P(c1ccccc1)c1ccccc1)(c1ccccc1)P(c1ccccc1)c1ccccc1. The minimum atomic E-state index is -2.95. The van der Waals surface area contributed by atoms with Crippen LogP contribution < -0.4 is 57.0 Å². The van der Waals surface area contributed by atoms with Crippen LogP contribution in [0.4, 0.5) is 0 Å². The van der Waals surface area contributed by atoms with E-state index in [2.05, 4.69) is 190 Å². The zero-order valence-corrected chi connectivity index (χ0v) is 32.8. The number of hydrogen-bond donors (Lipinski definition) is 0. The molecule has 0 aliphatic carbocycles. The fourth-order valence-corrected chi connectivity index (χ4v) is 49.3. The fourth-order valence-electron chi connectivity index (χ4n) is 6.01. The topological polar surface area (TPSA) is 0 Å². The van der Waals surface area contributed by atoms with E-state index in [0.29, 0.717) is 0 Å². The molecule has 0 fully saturated rings. The van der Waals surface area contributed by atoms with Crippen LogP contribution in [0.25, 0.3) is 0 Å². The van der Waals surface area contributed by atoms with Gasteiger partial charge >= 0.3 is 294 Å². The Balaban J connectivity index is 1.49. The summed E-state index contributed by atoms with van der Waals surface area (Å²) in [7, 11) is 0. The van der Waals surface area contributed by atoms with Crippen molar-refractivity contribution in [3.63, 3.8) is 0 Å². The first-order chi connectivity index (χ1) is 23.2. The van der Waals surface area contributed by atoms with E-state index in [-0.39, 0.29) is 0 Å². The molecule has 0 aromatic heterocycles. The molecule has 4 heteroatoms. The Hall–Kier alpha value is -2.88. The normalized spacial score (nSPS) is 15.2. The molecule has 0 heterocycles. The second-order valence-electron chi connectivity index (χ2n) is 10.9. The van der Waals surface area contributed by atoms with Gasteiger partial charge in [0.25, 0.3) is 0 Å². The van der Waals surface area contributed by atoms with Crippen molar-refractivity contribution < 1.29 is 35.8 Å². The predicted octanol–water partition coefficient (Wildman–Crippen LogP) is 3.82. The van der Waals surface area contributed by atoms with E-state index in [9.17, 15) is 0 Å². The van der Waals surface area contributed by atoms with Crippen molar-refractivity contribution in [2.45, 2.75) is 6.42 Å². The van der Waals surface area contributed by atoms with E-state index in [4.69, 9.17) is 13.2 Å². The molecule has 47 heavy (non-hydrogen) atoms. The van der Waals surface area contributed by atoms with E-state index >= 15 is 0 Å². The molecule has 2 unspecified atom stereocenters. The van der Waals surface area contributed by atoms with Gasteiger partial charge in [-0.3, -0.25) is 0 Å². The number of halogens is 2. The minimum absolute atomic E-state index is 0.623. The molecule has 0 aliphatic rings. The Morgan fingerprint density at radius 3 is 0.830 bits per heavy atom. The standard InChI is InChI=1S/C43H42I2P2/c1-3-44(38-24-11-5-12-25-38,46(40-28-15-7-16-29-40)41-30-17-8-18-31-41)36-23-37-45(4-2,39-26-13-6-14-27-39)47(42-32-19-9-20-33-42)43-34-21-10-22-35-43/h3-22,24-35H,1-2,23,36-37H2/q-2. The Labute approximate surface area is 291 Å². The Bertz CT molecular complexity index is 1620. The molecule has 6 aromatic rings. The van der Waals surface area contributed by atoms with Gasteiger partial charge in [0, 0.05) is 0 Å². The predicted molar refractivity (Wildman–Crippen MR) is 203 cm³/mol. The Morgan fingerprint density at radius 2 is 0.596 bits per heavy atom. The van der Waals surface area contributed by atoms with Gasteiger partial charge in [0.05, 0.1) is 0 Å². The molecule has 0 radical (unpaired) electrons. The van der Waals surface area contributed by atoms with Gasteiger partial charge < -0.3 is 0 Å². The molecule has 0 amide bonds. The van der Waals surface area contributed by atoms with Crippen LogP contribution in [0.1, 0.15) is 6.42 Å². The quantitative estimate of drug-likeness (QED) is 0.0889. The third kappa shape index (κ3) is 7.42. The summed E-state index contributed by atoms with van der Waals surface area (Å²) >= 11 is -5.90. The van der Waals surface area contributed by atoms with E-state index in [1.807, 2.05) is 0 Å². The molecular weight excluding hydrogens is 832 g/mol. The number of benzene rings is 6. The molecule has 240 valence electrons. The summed E-state index contributed by atoms with van der Waals surface area (Å²) in [6, 6.07) is 68.1. The molecule has 0 saturated carbocycles. The van der Waals surface area contributed by atoms with E-state index < -0.39 is 46.9 Å². The molecular formula is C43H42I2P2-2. The Kier molecular flexibility index (Phi) is 11.9. The van der Waals surface area contributed by atoms with Crippen molar-refractivity contribution in [3.8, 4) is 0 Å². The van der Waals surface area contributed by atoms with Crippen LogP contribution in [-0.4, -0.2) is 8.86 Å². The van der Waals surface area contributed by atoms with Crippen molar-refractivity contribution in [3.05, 3.63) is 210 Å². The van der Waals surface area contributed by atoms with Crippen molar-refractivity contribution >= 4 is 32.3 Å². The number of alkyl halides is 2. The molecule has 6 aromatic carbocycles. The summed E-state index contributed by atoms with van der Waals surface area (Å²) in [5.41, 5.74) is -1.25. The Morgan fingerprint density at radius 1 is 0.362 bits per heavy atom. The third-order valence-corrected chi connectivity index (χ3v) is 49.6. The van der Waals surface area contributed by atoms with Crippen molar-refractivity contribution in [1.82, 2.24) is 0 Å². The molecule has 0 saturated heterocycles. The van der Waals surface area contributed by atoms with Crippen molar-refractivity contribution in [2.75, 3.05) is 8.86 Å². The molecule has 0 aliphatic heterocycles.